The summed E-state index contributed by atoms with van der Waals surface area (Å²) in [5.41, 5.74) is 0. The van der Waals surface area contributed by atoms with Gasteiger partial charge in [-0.05, 0) is 45.1 Å². The molecule has 2 heterocycles. The number of aliphatic hydroxyl groups excluding tert-OH is 1. The van der Waals surface area contributed by atoms with Gasteiger partial charge < -0.3 is 20.6 Å². The number of hydrogen-bond donors (Lipinski definition) is 3. The lowest BCUT2D eigenvalue weighted by molar-refractivity contribution is 0.0506. The molecule has 2 bridgehead atoms. The van der Waals surface area contributed by atoms with Crippen molar-refractivity contribution in [3.63, 3.8) is 0 Å². The predicted octanol–water partition coefficient (Wildman–Crippen LogP) is 1.71. The maximum atomic E-state index is 12.1. The van der Waals surface area contributed by atoms with E-state index in [4.69, 9.17) is 0 Å². The van der Waals surface area contributed by atoms with Gasteiger partial charge in [0.25, 0.3) is 0 Å². The van der Waals surface area contributed by atoms with Gasteiger partial charge >= 0.3 is 6.03 Å². The van der Waals surface area contributed by atoms with Crippen LogP contribution in [-0.2, 0) is 0 Å². The van der Waals surface area contributed by atoms with E-state index in [2.05, 4.69) is 36.4 Å². The largest absolute Gasteiger partial charge is 0.394 e. The highest BCUT2D eigenvalue weighted by atomic mass is 16.3. The maximum absolute atomic E-state index is 12.1. The third kappa shape index (κ3) is 4.58. The smallest absolute Gasteiger partial charge is 0.315 e. The maximum Gasteiger partial charge on any atom is 0.315 e. The van der Waals surface area contributed by atoms with Crippen molar-refractivity contribution >= 4 is 6.03 Å². The number of aliphatic hydroxyl groups is 1. The number of carbonyl (C=O) groups is 1. The molecule has 5 nitrogen and oxygen atoms in total. The van der Waals surface area contributed by atoms with Crippen molar-refractivity contribution in [2.45, 2.75) is 76.5 Å². The van der Waals surface area contributed by atoms with Crippen molar-refractivity contribution < 1.29 is 9.90 Å². The lowest BCUT2D eigenvalue weighted by Gasteiger charge is -2.47. The lowest BCUT2D eigenvalue weighted by Crippen LogP contribution is -2.57. The molecule has 2 rings (SSSR count). The topological polar surface area (TPSA) is 64.6 Å². The minimum Gasteiger partial charge on any atom is -0.394 e. The number of rotatable bonds is 5. The summed E-state index contributed by atoms with van der Waals surface area (Å²) in [7, 11) is 2.22. The number of carbonyl (C=O) groups excluding carboxylic acids is 1. The number of nitrogens with zero attached hydrogens (tertiary/aromatic N) is 1. The van der Waals surface area contributed by atoms with Crippen LogP contribution in [0.3, 0.4) is 0 Å². The minimum atomic E-state index is -0.143. The Labute approximate surface area is 128 Å². The van der Waals surface area contributed by atoms with Crippen molar-refractivity contribution in [2.24, 2.45) is 5.92 Å². The first kappa shape index (κ1) is 16.6. The zero-order chi connectivity index (χ0) is 15.4. The third-order valence-corrected chi connectivity index (χ3v) is 4.99. The summed E-state index contributed by atoms with van der Waals surface area (Å²) in [5.74, 6) is 0.463. The van der Waals surface area contributed by atoms with Crippen LogP contribution in [0.4, 0.5) is 4.79 Å². The summed E-state index contributed by atoms with van der Waals surface area (Å²) in [6, 6.07) is 1.24. The molecule has 3 unspecified atom stereocenters. The standard InChI is InChI=1S/C16H31N3O2/c1-11(2)7-13(10-20)18-16(21)17-12-8-14-5-4-6-15(9-12)19(14)3/h11-15,20H,4-10H2,1-3H3,(H2,17,18,21). The Bertz CT molecular complexity index is 334. The molecular weight excluding hydrogens is 266 g/mol. The number of nitrogens with one attached hydrogen (secondary N) is 2. The molecule has 0 aromatic carbocycles. The SMILES string of the molecule is CC(C)CC(CO)NC(=O)NC1CC2CCCC(C1)N2C. The second kappa shape index (κ2) is 7.45. The summed E-state index contributed by atoms with van der Waals surface area (Å²) in [4.78, 5) is 14.6. The van der Waals surface area contributed by atoms with Crippen LogP contribution in [-0.4, -0.2) is 53.9 Å². The molecule has 3 N–H and O–H groups in total. The van der Waals surface area contributed by atoms with Crippen LogP contribution in [0.1, 0.15) is 52.4 Å². The second-order valence-corrected chi connectivity index (χ2v) is 7.20. The fourth-order valence-electron chi connectivity index (χ4n) is 3.89. The number of hydrogen-bond acceptors (Lipinski definition) is 3. The van der Waals surface area contributed by atoms with E-state index in [0.717, 1.165) is 19.3 Å². The highest BCUT2D eigenvalue weighted by molar-refractivity contribution is 5.74. The Morgan fingerprint density at radius 2 is 1.90 bits per heavy atom. The molecule has 0 aromatic rings. The molecule has 2 fully saturated rings. The molecule has 0 aromatic heterocycles. The summed E-state index contributed by atoms with van der Waals surface area (Å²) >= 11 is 0. The first-order valence-corrected chi connectivity index (χ1v) is 8.39. The van der Waals surface area contributed by atoms with Crippen LogP contribution in [0.25, 0.3) is 0 Å². The van der Waals surface area contributed by atoms with Crippen LogP contribution in [0.15, 0.2) is 0 Å². The normalized spacial score (nSPS) is 31.0. The molecule has 2 amide bonds. The summed E-state index contributed by atoms with van der Waals surface area (Å²) < 4.78 is 0. The van der Waals surface area contributed by atoms with Gasteiger partial charge in [0, 0.05) is 18.1 Å². The van der Waals surface area contributed by atoms with Gasteiger partial charge in [-0.1, -0.05) is 20.3 Å². The first-order chi connectivity index (χ1) is 9.99. The number of fused-ring (bicyclic) bond motifs is 2. The summed E-state index contributed by atoms with van der Waals surface area (Å²) in [6.07, 6.45) is 6.73. The Morgan fingerprint density at radius 3 is 2.43 bits per heavy atom. The number of urea groups is 1. The fraction of sp³-hybridized carbons (Fsp3) is 0.938. The van der Waals surface area contributed by atoms with Crippen molar-refractivity contribution in [3.05, 3.63) is 0 Å². The van der Waals surface area contributed by atoms with Crippen LogP contribution in [0.5, 0.6) is 0 Å². The first-order valence-electron chi connectivity index (χ1n) is 8.39. The second-order valence-electron chi connectivity index (χ2n) is 7.20. The zero-order valence-corrected chi connectivity index (χ0v) is 13.6. The highest BCUT2D eigenvalue weighted by Gasteiger charge is 2.36. The summed E-state index contributed by atoms with van der Waals surface area (Å²) in [5, 5.41) is 15.4. The Hall–Kier alpha value is -0.810. The number of amides is 2. The van der Waals surface area contributed by atoms with Gasteiger partial charge in [-0.2, -0.15) is 0 Å². The molecule has 122 valence electrons. The molecule has 0 saturated carbocycles. The van der Waals surface area contributed by atoms with E-state index in [1.54, 1.807) is 0 Å². The van der Waals surface area contributed by atoms with Gasteiger partial charge in [-0.3, -0.25) is 0 Å². The zero-order valence-electron chi connectivity index (χ0n) is 13.6. The highest BCUT2D eigenvalue weighted by Crippen LogP contribution is 2.32. The molecule has 21 heavy (non-hydrogen) atoms. The van der Waals surface area contributed by atoms with Gasteiger partial charge in [0.05, 0.1) is 12.6 Å². The molecule has 2 saturated heterocycles. The molecular formula is C16H31N3O2. The van der Waals surface area contributed by atoms with Crippen LogP contribution in [0, 0.1) is 5.92 Å². The van der Waals surface area contributed by atoms with Crippen molar-refractivity contribution in [2.75, 3.05) is 13.7 Å². The predicted molar refractivity (Wildman–Crippen MR) is 84.2 cm³/mol. The van der Waals surface area contributed by atoms with E-state index in [9.17, 15) is 9.90 Å². The molecule has 5 heteroatoms. The van der Waals surface area contributed by atoms with Gasteiger partial charge in [-0.25, -0.2) is 4.79 Å². The third-order valence-electron chi connectivity index (χ3n) is 4.99. The van der Waals surface area contributed by atoms with E-state index in [1.807, 2.05) is 0 Å². The van der Waals surface area contributed by atoms with Gasteiger partial charge in [0.1, 0.15) is 0 Å². The minimum absolute atomic E-state index is 0.00422. The van der Waals surface area contributed by atoms with Gasteiger partial charge in [0.2, 0.25) is 0 Å². The van der Waals surface area contributed by atoms with Crippen LogP contribution in [0.2, 0.25) is 0 Å². The van der Waals surface area contributed by atoms with Crippen molar-refractivity contribution in [3.8, 4) is 0 Å². The molecule has 0 aliphatic carbocycles. The quantitative estimate of drug-likeness (QED) is 0.724. The molecule has 0 radical (unpaired) electrons. The molecule has 3 atom stereocenters. The Balaban J connectivity index is 1.80. The number of piperidine rings is 2. The lowest BCUT2D eigenvalue weighted by atomic mass is 9.82. The van der Waals surface area contributed by atoms with Crippen LogP contribution >= 0.6 is 0 Å². The van der Waals surface area contributed by atoms with E-state index >= 15 is 0 Å². The molecule has 2 aliphatic heterocycles. The average Bonchev–Trinajstić information content (AvgIpc) is 2.38. The Morgan fingerprint density at radius 1 is 1.29 bits per heavy atom. The van der Waals surface area contributed by atoms with E-state index in [1.165, 1.54) is 19.3 Å². The van der Waals surface area contributed by atoms with E-state index in [-0.39, 0.29) is 24.7 Å². The monoisotopic (exact) mass is 297 g/mol. The summed E-state index contributed by atoms with van der Waals surface area (Å²) in [6.45, 7) is 4.20. The van der Waals surface area contributed by atoms with Crippen molar-refractivity contribution in [1.82, 2.24) is 15.5 Å². The average molecular weight is 297 g/mol. The Kier molecular flexibility index (Phi) is 5.88. The molecule has 0 spiro atoms. The van der Waals surface area contributed by atoms with Crippen LogP contribution < -0.4 is 10.6 Å². The van der Waals surface area contributed by atoms with E-state index < -0.39 is 0 Å². The molecule has 2 aliphatic rings. The van der Waals surface area contributed by atoms with Gasteiger partial charge in [0.15, 0.2) is 0 Å². The van der Waals surface area contributed by atoms with E-state index in [0.29, 0.717) is 18.0 Å². The van der Waals surface area contributed by atoms with Crippen molar-refractivity contribution in [1.29, 1.82) is 0 Å². The van der Waals surface area contributed by atoms with Gasteiger partial charge in [-0.15, -0.1) is 0 Å². The fourth-order valence-corrected chi connectivity index (χ4v) is 3.89.